The van der Waals surface area contributed by atoms with E-state index < -0.39 is 11.7 Å². The first kappa shape index (κ1) is 16.4. The molecule has 0 unspecified atom stereocenters. The van der Waals surface area contributed by atoms with E-state index in [0.29, 0.717) is 11.3 Å². The van der Waals surface area contributed by atoms with Crippen molar-refractivity contribution >= 4 is 28.3 Å². The predicted octanol–water partition coefficient (Wildman–Crippen LogP) is 2.01. The molecule has 0 fully saturated rings. The highest BCUT2D eigenvalue weighted by Gasteiger charge is 2.13. The maximum absolute atomic E-state index is 14.1. The fourth-order valence-corrected chi connectivity index (χ4v) is 1.86. The molecule has 1 aromatic carbocycles. The summed E-state index contributed by atoms with van der Waals surface area (Å²) >= 11 is 0. The Kier molecular flexibility index (Phi) is 4.86. The Hall–Kier alpha value is -3.01. The molecule has 23 heavy (non-hydrogen) atoms. The minimum atomic E-state index is -0.622. The molecule has 0 aliphatic carbocycles. The van der Waals surface area contributed by atoms with Crippen molar-refractivity contribution in [3.63, 3.8) is 0 Å². The topological polar surface area (TPSA) is 81.2 Å². The number of aryl methyl sites for hydroxylation is 1. The minimum Gasteiger partial charge on any atom is -0.494 e. The molecule has 118 valence electrons. The molecule has 2 aromatic rings. The van der Waals surface area contributed by atoms with Crippen LogP contribution in [0.4, 0.5) is 10.1 Å². The van der Waals surface area contributed by atoms with Crippen LogP contribution in [0.15, 0.2) is 12.1 Å². The number of amides is 1. The number of nitrogens with zero attached hydrogens (tertiary/aromatic N) is 2. The molecule has 2 rings (SSSR count). The van der Waals surface area contributed by atoms with Crippen LogP contribution in [0.25, 0.3) is 10.9 Å². The van der Waals surface area contributed by atoms with Gasteiger partial charge in [-0.3, -0.25) is 9.59 Å². The van der Waals surface area contributed by atoms with Gasteiger partial charge in [0.25, 0.3) is 5.91 Å². The van der Waals surface area contributed by atoms with Crippen LogP contribution < -0.4 is 10.1 Å². The van der Waals surface area contributed by atoms with Crippen molar-refractivity contribution in [3.8, 4) is 17.6 Å². The molecule has 0 spiro atoms. The molecular weight excluding hydrogens is 301 g/mol. The first-order valence-corrected chi connectivity index (χ1v) is 6.72. The van der Waals surface area contributed by atoms with E-state index in [1.54, 1.807) is 0 Å². The van der Waals surface area contributed by atoms with E-state index in [9.17, 15) is 14.0 Å². The van der Waals surface area contributed by atoms with E-state index in [4.69, 9.17) is 4.74 Å². The summed E-state index contributed by atoms with van der Waals surface area (Å²) in [7, 11) is 1.41. The number of methoxy groups -OCH3 is 1. The van der Waals surface area contributed by atoms with Crippen LogP contribution in [0, 0.1) is 24.6 Å². The normalized spacial score (nSPS) is 9.91. The number of hydrogen-bond donors (Lipinski definition) is 1. The first-order valence-electron chi connectivity index (χ1n) is 6.72. The van der Waals surface area contributed by atoms with Crippen molar-refractivity contribution in [2.75, 3.05) is 12.4 Å². The number of aromatic nitrogens is 2. The van der Waals surface area contributed by atoms with Gasteiger partial charge >= 0.3 is 0 Å². The number of hydrogen-bond acceptors (Lipinski definition) is 5. The fraction of sp³-hybridized carbons (Fsp3) is 0.250. The molecule has 1 N–H and O–H groups in total. The van der Waals surface area contributed by atoms with Crippen LogP contribution in [0.1, 0.15) is 19.0 Å². The van der Waals surface area contributed by atoms with Crippen molar-refractivity contribution in [2.24, 2.45) is 0 Å². The lowest BCUT2D eigenvalue weighted by Crippen LogP contribution is -2.10. The summed E-state index contributed by atoms with van der Waals surface area (Å²) in [5, 5.41) is 10.3. The lowest BCUT2D eigenvalue weighted by molar-refractivity contribution is -0.116. The van der Waals surface area contributed by atoms with Gasteiger partial charge in [-0.05, 0) is 25.8 Å². The summed E-state index contributed by atoms with van der Waals surface area (Å²) in [4.78, 5) is 22.6. The van der Waals surface area contributed by atoms with Gasteiger partial charge in [0.2, 0.25) is 0 Å². The van der Waals surface area contributed by atoms with Gasteiger partial charge in [0.15, 0.2) is 5.82 Å². The van der Waals surface area contributed by atoms with E-state index in [1.807, 2.05) is 0 Å². The van der Waals surface area contributed by atoms with Gasteiger partial charge in [-0.15, -0.1) is 5.10 Å². The number of ketones is 1. The zero-order valence-corrected chi connectivity index (χ0v) is 12.9. The van der Waals surface area contributed by atoms with Crippen molar-refractivity contribution in [1.82, 2.24) is 10.2 Å². The van der Waals surface area contributed by atoms with Gasteiger partial charge in [-0.25, -0.2) is 4.39 Å². The summed E-state index contributed by atoms with van der Waals surface area (Å²) in [6, 6.07) is 2.89. The lowest BCUT2D eigenvalue weighted by atomic mass is 10.1. The Morgan fingerprint density at radius 3 is 2.74 bits per heavy atom. The average Bonchev–Trinajstić information content (AvgIpc) is 2.50. The van der Waals surface area contributed by atoms with Crippen molar-refractivity contribution in [3.05, 3.63) is 23.6 Å². The molecule has 0 atom stereocenters. The number of carbonyl (C=O) groups excluding carboxylic acids is 2. The minimum absolute atomic E-state index is 0.00825. The van der Waals surface area contributed by atoms with Crippen LogP contribution in [0.5, 0.6) is 5.75 Å². The zero-order valence-electron chi connectivity index (χ0n) is 12.9. The molecule has 1 heterocycles. The van der Waals surface area contributed by atoms with Crippen LogP contribution in [0.2, 0.25) is 0 Å². The van der Waals surface area contributed by atoms with E-state index >= 15 is 0 Å². The second-order valence-electron chi connectivity index (χ2n) is 4.80. The van der Waals surface area contributed by atoms with Crippen LogP contribution in [-0.4, -0.2) is 29.0 Å². The monoisotopic (exact) mass is 315 g/mol. The molecule has 0 radical (unpaired) electrons. The number of carbonyl (C=O) groups is 2. The summed E-state index contributed by atoms with van der Waals surface area (Å²) < 4.78 is 19.3. The Labute approximate surface area is 132 Å². The van der Waals surface area contributed by atoms with Crippen molar-refractivity contribution < 1.29 is 18.7 Å². The summed E-state index contributed by atoms with van der Waals surface area (Å²) in [6.07, 6.45) is -0.00825. The fourth-order valence-electron chi connectivity index (χ4n) is 1.86. The number of ether oxygens (including phenoxy) is 1. The molecule has 7 heteroatoms. The molecule has 6 nitrogen and oxygen atoms in total. The second-order valence-corrected chi connectivity index (χ2v) is 4.80. The standard InChI is InChI=1S/C16H14FN3O3/c1-9(21)5-4-6-15(22)18-13-7-11-12(8-14(13)23-3)20-19-10(2)16(11)17/h7-8H,5H2,1-3H3,(H,18,22). The van der Waals surface area contributed by atoms with Crippen molar-refractivity contribution in [1.29, 1.82) is 0 Å². The van der Waals surface area contributed by atoms with E-state index in [2.05, 4.69) is 27.4 Å². The molecule has 0 bridgehead atoms. The third-order valence-corrected chi connectivity index (χ3v) is 2.97. The number of halogens is 1. The Morgan fingerprint density at radius 1 is 1.35 bits per heavy atom. The van der Waals surface area contributed by atoms with Gasteiger partial charge in [0, 0.05) is 11.5 Å². The van der Waals surface area contributed by atoms with Crippen LogP contribution in [0.3, 0.4) is 0 Å². The van der Waals surface area contributed by atoms with Crippen molar-refractivity contribution in [2.45, 2.75) is 20.3 Å². The third-order valence-electron chi connectivity index (χ3n) is 2.97. The number of Topliss-reactive ketones (excluding diaryl/α,β-unsaturated/α-hetero) is 1. The van der Waals surface area contributed by atoms with Crippen LogP contribution in [-0.2, 0) is 9.59 Å². The largest absolute Gasteiger partial charge is 0.494 e. The van der Waals surface area contributed by atoms with E-state index in [1.165, 1.54) is 33.1 Å². The number of anilines is 1. The highest BCUT2D eigenvalue weighted by molar-refractivity contribution is 6.06. The first-order chi connectivity index (χ1) is 10.9. The Bertz CT molecular complexity index is 853. The number of fused-ring (bicyclic) bond motifs is 1. The molecule has 1 amide bonds. The van der Waals surface area contributed by atoms with E-state index in [-0.39, 0.29) is 29.0 Å². The van der Waals surface area contributed by atoms with Gasteiger partial charge in [-0.1, -0.05) is 5.92 Å². The van der Waals surface area contributed by atoms with Gasteiger partial charge < -0.3 is 10.1 Å². The molecule has 0 aliphatic rings. The average molecular weight is 315 g/mol. The zero-order chi connectivity index (χ0) is 17.0. The maximum atomic E-state index is 14.1. The molecule has 0 aliphatic heterocycles. The number of benzene rings is 1. The second kappa shape index (κ2) is 6.83. The van der Waals surface area contributed by atoms with Gasteiger partial charge in [0.05, 0.1) is 30.4 Å². The number of nitrogens with one attached hydrogen (secondary N) is 1. The lowest BCUT2D eigenvalue weighted by Gasteiger charge is -2.10. The Balaban J connectivity index is 2.38. The molecule has 0 saturated carbocycles. The van der Waals surface area contributed by atoms with E-state index in [0.717, 1.165) is 0 Å². The molecular formula is C16H14FN3O3. The maximum Gasteiger partial charge on any atom is 0.300 e. The predicted molar refractivity (Wildman–Crippen MR) is 82.5 cm³/mol. The van der Waals surface area contributed by atoms with Gasteiger partial charge in [-0.2, -0.15) is 5.10 Å². The molecule has 1 aromatic heterocycles. The summed E-state index contributed by atoms with van der Waals surface area (Å²) in [5.74, 6) is 3.77. The van der Waals surface area contributed by atoms with Gasteiger partial charge in [0.1, 0.15) is 11.5 Å². The quantitative estimate of drug-likeness (QED) is 0.876. The highest BCUT2D eigenvalue weighted by Crippen LogP contribution is 2.30. The number of rotatable bonds is 3. The third kappa shape index (κ3) is 3.80. The Morgan fingerprint density at radius 2 is 2.09 bits per heavy atom. The SMILES string of the molecule is COc1cc2nnc(C)c(F)c2cc1NC(=O)C#CCC(C)=O. The van der Waals surface area contributed by atoms with Crippen LogP contribution >= 0.6 is 0 Å². The molecule has 0 saturated heterocycles. The smallest absolute Gasteiger partial charge is 0.300 e. The highest BCUT2D eigenvalue weighted by atomic mass is 19.1. The summed E-state index contributed by atoms with van der Waals surface area (Å²) in [6.45, 7) is 2.88. The summed E-state index contributed by atoms with van der Waals surface area (Å²) in [5.41, 5.74) is 0.722.